The van der Waals surface area contributed by atoms with Crippen molar-refractivity contribution in [1.29, 1.82) is 0 Å². The fraction of sp³-hybridized carbons (Fsp3) is 0.356. The van der Waals surface area contributed by atoms with Gasteiger partial charge >= 0.3 is 0 Å². The van der Waals surface area contributed by atoms with Crippen molar-refractivity contribution in [3.8, 4) is 5.75 Å². The van der Waals surface area contributed by atoms with Crippen LogP contribution in [0.15, 0.2) is 97.2 Å². The summed E-state index contributed by atoms with van der Waals surface area (Å²) in [5.41, 5.74) is 3.39. The van der Waals surface area contributed by atoms with Crippen molar-refractivity contribution in [1.82, 2.24) is 9.88 Å². The molecule has 2 fully saturated rings. The number of methoxy groups -OCH3 is 1. The maximum absolute atomic E-state index is 15.2. The summed E-state index contributed by atoms with van der Waals surface area (Å²) in [6.07, 6.45) is 3.27. The van der Waals surface area contributed by atoms with Gasteiger partial charge in [-0.05, 0) is 78.0 Å². The van der Waals surface area contributed by atoms with E-state index in [0.717, 1.165) is 46.3 Å². The molecule has 57 heavy (non-hydrogen) atoms. The van der Waals surface area contributed by atoms with Gasteiger partial charge in [-0.2, -0.15) is 0 Å². The number of nitrogens with zero attached hydrogens (tertiary/aromatic N) is 2. The Balaban J connectivity index is 1.08. The summed E-state index contributed by atoms with van der Waals surface area (Å²) < 4.78 is 12.7. The molecule has 1 spiro atoms. The predicted octanol–water partition coefficient (Wildman–Crippen LogP) is 7.15. The zero-order valence-electron chi connectivity index (χ0n) is 32.8. The van der Waals surface area contributed by atoms with Crippen LogP contribution >= 0.6 is 11.6 Å². The normalized spacial score (nSPS) is 23.1. The highest BCUT2D eigenvalue weighted by Crippen LogP contribution is 2.60. The van der Waals surface area contributed by atoms with Gasteiger partial charge in [-0.1, -0.05) is 79.3 Å². The van der Waals surface area contributed by atoms with Crippen LogP contribution in [0.3, 0.4) is 0 Å². The van der Waals surface area contributed by atoms with Gasteiger partial charge in [-0.3, -0.25) is 14.4 Å². The lowest BCUT2D eigenvalue weighted by atomic mass is 9.82. The molecular weight excluding hydrogens is 756 g/mol. The van der Waals surface area contributed by atoms with Crippen LogP contribution in [0.25, 0.3) is 10.9 Å². The Labute approximate surface area is 339 Å². The average molecular weight is 805 g/mol. The zero-order chi connectivity index (χ0) is 40.1. The third kappa shape index (κ3) is 6.94. The maximum Gasteiger partial charge on any atom is 0.264 e. The summed E-state index contributed by atoms with van der Waals surface area (Å²) in [5.74, 6) is 0.0841. The summed E-state index contributed by atoms with van der Waals surface area (Å²) in [7, 11) is -0.843. The highest BCUT2D eigenvalue weighted by atomic mass is 35.5. The smallest absolute Gasteiger partial charge is 0.264 e. The number of para-hydroxylation sites is 1. The van der Waals surface area contributed by atoms with Crippen LogP contribution in [0.5, 0.6) is 5.75 Å². The number of H-pyrrole nitrogens is 1. The van der Waals surface area contributed by atoms with Crippen LogP contribution in [0, 0.1) is 5.92 Å². The number of aromatic nitrogens is 1. The Morgan fingerprint density at radius 2 is 1.81 bits per heavy atom. The van der Waals surface area contributed by atoms with Gasteiger partial charge in [0.2, 0.25) is 11.8 Å². The Hall–Kier alpha value is -4.94. The number of anilines is 2. The number of hydrogen-bond acceptors (Lipinski definition) is 6. The van der Waals surface area contributed by atoms with Crippen LogP contribution < -0.4 is 20.1 Å². The van der Waals surface area contributed by atoms with Crippen molar-refractivity contribution >= 4 is 64.9 Å². The van der Waals surface area contributed by atoms with E-state index in [1.807, 2.05) is 79.0 Å². The number of hydrogen-bond donors (Lipinski definition) is 3. The first-order valence-corrected chi connectivity index (χ1v) is 23.2. The summed E-state index contributed by atoms with van der Waals surface area (Å²) in [5, 5.41) is 15.8. The third-order valence-corrected chi connectivity index (χ3v) is 17.3. The number of aromatic amines is 1. The number of likely N-dealkylation sites (tertiary alicyclic amines) is 1. The molecular formula is C45H49ClN4O6Si. The number of aliphatic hydroxyl groups excluding tert-OH is 1. The number of rotatable bonds is 11. The molecule has 4 aromatic carbocycles. The quantitative estimate of drug-likeness (QED) is 0.122. The lowest BCUT2D eigenvalue weighted by Crippen LogP contribution is -2.52. The van der Waals surface area contributed by atoms with E-state index >= 15 is 4.79 Å². The van der Waals surface area contributed by atoms with E-state index < -0.39 is 19.8 Å². The molecule has 10 nitrogen and oxygen atoms in total. The Morgan fingerprint density at radius 1 is 1.05 bits per heavy atom. The van der Waals surface area contributed by atoms with Crippen molar-refractivity contribution in [3.05, 3.63) is 119 Å². The molecule has 12 heteroatoms. The third-order valence-electron chi connectivity index (χ3n) is 12.7. The van der Waals surface area contributed by atoms with E-state index in [0.29, 0.717) is 22.8 Å². The molecule has 0 bridgehead atoms. The molecule has 5 aromatic rings. The van der Waals surface area contributed by atoms with Crippen LogP contribution in [0.4, 0.5) is 11.4 Å². The molecule has 5 atom stereocenters. The number of nitrogens with one attached hydrogen (secondary N) is 2. The highest BCUT2D eigenvalue weighted by molar-refractivity contribution is 6.91. The SMILES string of the molecule is COc1ccc([Si](C)(C)[C@H]2[C@H](CC(=O)N3CCC[C@H]3CO)O[C@@]3(C(=O)N(Cc4ccc(NC(=O)Cc5c[nH]c6ccccc56)cc4)c4ccc(Cl)cc43)[C@@H]2C)cc1. The number of halogens is 1. The van der Waals surface area contributed by atoms with Crippen LogP contribution in [0.2, 0.25) is 23.7 Å². The van der Waals surface area contributed by atoms with Crippen molar-refractivity contribution in [2.24, 2.45) is 5.92 Å². The molecule has 3 amide bonds. The van der Waals surface area contributed by atoms with E-state index in [1.165, 1.54) is 5.19 Å². The van der Waals surface area contributed by atoms with E-state index in [1.54, 1.807) is 23.0 Å². The molecule has 1 aromatic heterocycles. The van der Waals surface area contributed by atoms with Gasteiger partial charge in [-0.25, -0.2) is 0 Å². The summed E-state index contributed by atoms with van der Waals surface area (Å²) in [4.78, 5) is 49.1. The molecule has 0 saturated carbocycles. The molecule has 0 radical (unpaired) electrons. The summed E-state index contributed by atoms with van der Waals surface area (Å²) >= 11 is 6.70. The van der Waals surface area contributed by atoms with Gasteiger partial charge in [0.1, 0.15) is 5.75 Å². The molecule has 3 N–H and O–H groups in total. The predicted molar refractivity (Wildman–Crippen MR) is 226 cm³/mol. The number of amides is 3. The molecule has 296 valence electrons. The van der Waals surface area contributed by atoms with Crippen LogP contribution in [-0.2, 0) is 37.7 Å². The second-order valence-electron chi connectivity index (χ2n) is 16.3. The first kappa shape index (κ1) is 38.9. The minimum atomic E-state index is -2.49. The molecule has 0 aliphatic carbocycles. The molecule has 8 rings (SSSR count). The van der Waals surface area contributed by atoms with Crippen molar-refractivity contribution in [2.75, 3.05) is 30.5 Å². The topological polar surface area (TPSA) is 124 Å². The van der Waals surface area contributed by atoms with Crippen molar-refractivity contribution in [3.63, 3.8) is 0 Å². The fourth-order valence-electron chi connectivity index (χ4n) is 9.82. The van der Waals surface area contributed by atoms with Gasteiger partial charge in [0.15, 0.2) is 5.60 Å². The number of benzene rings is 4. The van der Waals surface area contributed by atoms with Gasteiger partial charge < -0.3 is 34.7 Å². The lowest BCUT2D eigenvalue weighted by Gasteiger charge is -2.37. The second-order valence-corrected chi connectivity index (χ2v) is 21.4. The monoisotopic (exact) mass is 804 g/mol. The first-order chi connectivity index (χ1) is 27.4. The highest BCUT2D eigenvalue weighted by Gasteiger charge is 2.66. The number of ether oxygens (including phenoxy) is 2. The van der Waals surface area contributed by atoms with Gasteiger partial charge in [-0.15, -0.1) is 0 Å². The number of fused-ring (bicyclic) bond motifs is 3. The molecule has 4 heterocycles. The van der Waals surface area contributed by atoms with Crippen LogP contribution in [-0.4, -0.2) is 73.2 Å². The zero-order valence-corrected chi connectivity index (χ0v) is 34.5. The Morgan fingerprint density at radius 3 is 2.54 bits per heavy atom. The van der Waals surface area contributed by atoms with Crippen molar-refractivity contribution in [2.45, 2.75) is 75.5 Å². The number of carbonyl (C=O) groups excluding carboxylic acids is 3. The summed E-state index contributed by atoms with van der Waals surface area (Å²) in [6, 6.07) is 28.9. The van der Waals surface area contributed by atoms with E-state index in [2.05, 4.69) is 42.5 Å². The van der Waals surface area contributed by atoms with E-state index in [-0.39, 0.29) is 61.2 Å². The van der Waals surface area contributed by atoms with Gasteiger partial charge in [0.25, 0.3) is 5.91 Å². The van der Waals surface area contributed by atoms with Crippen molar-refractivity contribution < 1.29 is 29.0 Å². The number of carbonyl (C=O) groups is 3. The summed E-state index contributed by atoms with van der Waals surface area (Å²) in [6.45, 7) is 7.47. The molecule has 3 aliphatic heterocycles. The fourth-order valence-corrected chi connectivity index (χ4v) is 14.0. The van der Waals surface area contributed by atoms with Crippen LogP contribution in [0.1, 0.15) is 42.9 Å². The lowest BCUT2D eigenvalue weighted by molar-refractivity contribution is -0.150. The van der Waals surface area contributed by atoms with Gasteiger partial charge in [0, 0.05) is 45.8 Å². The number of aliphatic hydroxyl groups is 1. The molecule has 2 saturated heterocycles. The average Bonchev–Trinajstić information content (AvgIpc) is 3.97. The minimum Gasteiger partial charge on any atom is -0.497 e. The molecule has 0 unspecified atom stereocenters. The van der Waals surface area contributed by atoms with Gasteiger partial charge in [0.05, 0.1) is 59.0 Å². The Bertz CT molecular complexity index is 2310. The first-order valence-electron chi connectivity index (χ1n) is 19.7. The molecule has 3 aliphatic rings. The standard InChI is InChI=1S/C45H49ClN4O6Si/c1-28-43(57(3,4)35-18-16-34(55-2)17-19-35)40(24-42(53)49-21-7-8-33(49)27-51)56-45(28)37-23-31(46)13-20-39(37)50(44(45)54)26-29-11-14-32(15-12-29)48-41(52)22-30-25-47-38-10-6-5-9-36(30)38/h5-6,9-20,23,25,28,33,40,43,47,51H,7-8,21-22,24,26-27H2,1-4H3,(H,48,52)/t28-,33+,40+,43-,45+/m1/s1. The largest absolute Gasteiger partial charge is 0.497 e. The minimum absolute atomic E-state index is 0.0624. The van der Waals surface area contributed by atoms with E-state index in [4.69, 9.17) is 21.1 Å². The Kier molecular flexibility index (Phi) is 10.5. The maximum atomic E-state index is 15.2. The van der Waals surface area contributed by atoms with E-state index in [9.17, 15) is 14.7 Å². The second kappa shape index (κ2) is 15.4.